The molecule has 0 atom stereocenters. The van der Waals surface area contributed by atoms with Gasteiger partial charge in [-0.05, 0) is 17.7 Å². The van der Waals surface area contributed by atoms with Crippen LogP contribution in [-0.4, -0.2) is 11.4 Å². The van der Waals surface area contributed by atoms with E-state index in [1.54, 1.807) is 0 Å². The van der Waals surface area contributed by atoms with E-state index in [4.69, 9.17) is 0 Å². The average Bonchev–Trinajstić information content (AvgIpc) is 2.29. The van der Waals surface area contributed by atoms with Gasteiger partial charge in [-0.2, -0.15) is 0 Å². The number of nitrogens with zero attached hydrogens (tertiary/aromatic N) is 1. The highest BCUT2D eigenvalue weighted by Gasteiger charge is 1.92. The van der Waals surface area contributed by atoms with Gasteiger partial charge in [-0.15, -0.1) is 17.0 Å². The van der Waals surface area contributed by atoms with Gasteiger partial charge in [-0.1, -0.05) is 42.5 Å². The highest BCUT2D eigenvalue weighted by Crippen LogP contribution is 2.04. The smallest absolute Gasteiger partial charge is 0.0403 e. The maximum absolute atomic E-state index is 2.15. The van der Waals surface area contributed by atoms with Crippen molar-refractivity contribution in [3.05, 3.63) is 66.5 Å². The number of halogens is 1. The number of allylic oxidation sites excluding steroid dienone is 2. The third-order valence-corrected chi connectivity index (χ3v) is 2.10. The zero-order valence-electron chi connectivity index (χ0n) is 8.41. The van der Waals surface area contributed by atoms with E-state index in [1.807, 2.05) is 24.3 Å². The molecule has 1 aliphatic rings. The Hall–Kier alpha value is -1.28. The van der Waals surface area contributed by atoms with Gasteiger partial charge in [0, 0.05) is 18.9 Å². The van der Waals surface area contributed by atoms with Gasteiger partial charge >= 0.3 is 0 Å². The summed E-state index contributed by atoms with van der Waals surface area (Å²) in [5, 5.41) is 0. The van der Waals surface area contributed by atoms with Crippen LogP contribution in [0.3, 0.4) is 0 Å². The molecule has 1 aromatic carbocycles. The van der Waals surface area contributed by atoms with Crippen molar-refractivity contribution in [2.75, 3.05) is 6.54 Å². The molecule has 0 fully saturated rings. The monoisotopic (exact) mass is 263 g/mol. The Bertz CT molecular complexity index is 365. The summed E-state index contributed by atoms with van der Waals surface area (Å²) in [6.45, 7) is 0.958. The van der Waals surface area contributed by atoms with Crippen LogP contribution in [0.2, 0.25) is 0 Å². The summed E-state index contributed by atoms with van der Waals surface area (Å²) < 4.78 is 0. The zero-order chi connectivity index (χ0) is 9.64. The molecule has 0 N–H and O–H groups in total. The lowest BCUT2D eigenvalue weighted by Gasteiger charge is -2.14. The van der Waals surface area contributed by atoms with E-state index in [-0.39, 0.29) is 17.0 Å². The van der Waals surface area contributed by atoms with Crippen molar-refractivity contribution >= 4 is 23.1 Å². The highest BCUT2D eigenvalue weighted by atomic mass is 79.9. The van der Waals surface area contributed by atoms with Crippen LogP contribution in [0.25, 0.3) is 6.08 Å². The molecule has 15 heavy (non-hydrogen) atoms. The fraction of sp³-hybridized carbons (Fsp3) is 0.0769. The molecule has 0 amide bonds. The van der Waals surface area contributed by atoms with Gasteiger partial charge in [-0.3, -0.25) is 0 Å². The van der Waals surface area contributed by atoms with Crippen LogP contribution < -0.4 is 0 Å². The maximum atomic E-state index is 2.15. The first-order chi connectivity index (χ1) is 6.95. The van der Waals surface area contributed by atoms with Crippen LogP contribution in [0.15, 0.2) is 61.0 Å². The van der Waals surface area contributed by atoms with E-state index in [0.717, 1.165) is 6.54 Å². The summed E-state index contributed by atoms with van der Waals surface area (Å²) in [4.78, 5) is 2.15. The van der Waals surface area contributed by atoms with E-state index >= 15 is 0 Å². The SMILES string of the molecule is Br.C1=CCN(C=Cc2ccccc2)C=C1. The van der Waals surface area contributed by atoms with Crippen molar-refractivity contribution in [2.24, 2.45) is 0 Å². The number of hydrogen-bond donors (Lipinski definition) is 0. The molecule has 1 nitrogen and oxygen atoms in total. The molecule has 1 heterocycles. The number of hydrogen-bond acceptors (Lipinski definition) is 1. The zero-order valence-corrected chi connectivity index (χ0v) is 10.1. The van der Waals surface area contributed by atoms with Gasteiger partial charge in [0.2, 0.25) is 0 Å². The standard InChI is InChI=1S/C13H13N.BrH/c1-3-7-13(8-4-1)9-12-14-10-5-2-6-11-14;/h1-10,12H,11H2;1H. The van der Waals surface area contributed by atoms with Crippen molar-refractivity contribution < 1.29 is 0 Å². The minimum absolute atomic E-state index is 0. The molecular weight excluding hydrogens is 250 g/mol. The van der Waals surface area contributed by atoms with Crippen LogP contribution in [-0.2, 0) is 0 Å². The Morgan fingerprint density at radius 3 is 2.53 bits per heavy atom. The van der Waals surface area contributed by atoms with E-state index in [1.165, 1.54) is 5.56 Å². The van der Waals surface area contributed by atoms with Crippen molar-refractivity contribution in [1.82, 2.24) is 4.90 Å². The topological polar surface area (TPSA) is 3.24 Å². The first-order valence-corrected chi connectivity index (χ1v) is 4.77. The van der Waals surface area contributed by atoms with Gasteiger partial charge in [-0.25, -0.2) is 0 Å². The van der Waals surface area contributed by atoms with Crippen LogP contribution in [0, 0.1) is 0 Å². The summed E-state index contributed by atoms with van der Waals surface area (Å²) in [6.07, 6.45) is 12.5. The third kappa shape index (κ3) is 3.76. The first kappa shape index (κ1) is 11.8. The summed E-state index contributed by atoms with van der Waals surface area (Å²) in [5.74, 6) is 0. The molecule has 0 bridgehead atoms. The van der Waals surface area contributed by atoms with E-state index < -0.39 is 0 Å². The Kier molecular flexibility index (Phi) is 4.91. The third-order valence-electron chi connectivity index (χ3n) is 2.10. The minimum atomic E-state index is 0. The minimum Gasteiger partial charge on any atom is -0.350 e. The summed E-state index contributed by atoms with van der Waals surface area (Å²) in [5.41, 5.74) is 1.23. The highest BCUT2D eigenvalue weighted by molar-refractivity contribution is 8.93. The summed E-state index contributed by atoms with van der Waals surface area (Å²) >= 11 is 0. The van der Waals surface area contributed by atoms with Gasteiger partial charge in [0.05, 0.1) is 0 Å². The lowest BCUT2D eigenvalue weighted by molar-refractivity contribution is 0.563. The quantitative estimate of drug-likeness (QED) is 0.788. The van der Waals surface area contributed by atoms with Crippen molar-refractivity contribution in [2.45, 2.75) is 0 Å². The lowest BCUT2D eigenvalue weighted by atomic mass is 10.2. The lowest BCUT2D eigenvalue weighted by Crippen LogP contribution is -2.10. The van der Waals surface area contributed by atoms with Crippen molar-refractivity contribution in [3.8, 4) is 0 Å². The van der Waals surface area contributed by atoms with Gasteiger partial charge in [0.15, 0.2) is 0 Å². The summed E-state index contributed by atoms with van der Waals surface area (Å²) in [6, 6.07) is 10.3. The Morgan fingerprint density at radius 1 is 1.07 bits per heavy atom. The molecule has 0 aliphatic carbocycles. The van der Waals surface area contributed by atoms with Gasteiger partial charge in [0.1, 0.15) is 0 Å². The predicted molar refractivity (Wildman–Crippen MR) is 70.8 cm³/mol. The molecule has 0 aromatic heterocycles. The van der Waals surface area contributed by atoms with Crippen molar-refractivity contribution in [3.63, 3.8) is 0 Å². The fourth-order valence-corrected chi connectivity index (χ4v) is 1.34. The Morgan fingerprint density at radius 2 is 1.87 bits per heavy atom. The second-order valence-electron chi connectivity index (χ2n) is 3.19. The molecule has 1 aliphatic heterocycles. The first-order valence-electron chi connectivity index (χ1n) is 4.77. The molecular formula is C13H14BrN. The number of rotatable bonds is 2. The Balaban J connectivity index is 0.00000112. The largest absolute Gasteiger partial charge is 0.350 e. The molecule has 78 valence electrons. The summed E-state index contributed by atoms with van der Waals surface area (Å²) in [7, 11) is 0. The van der Waals surface area contributed by atoms with Crippen LogP contribution >= 0.6 is 17.0 Å². The van der Waals surface area contributed by atoms with Gasteiger partial charge in [0.25, 0.3) is 0 Å². The molecule has 0 radical (unpaired) electrons. The van der Waals surface area contributed by atoms with Crippen LogP contribution in [0.5, 0.6) is 0 Å². The van der Waals surface area contributed by atoms with Crippen LogP contribution in [0.4, 0.5) is 0 Å². The number of benzene rings is 1. The average molecular weight is 264 g/mol. The molecule has 2 rings (SSSR count). The fourth-order valence-electron chi connectivity index (χ4n) is 1.34. The maximum Gasteiger partial charge on any atom is 0.0403 e. The molecule has 0 spiro atoms. The van der Waals surface area contributed by atoms with E-state index in [2.05, 4.69) is 47.7 Å². The predicted octanol–water partition coefficient (Wildman–Crippen LogP) is 3.62. The van der Waals surface area contributed by atoms with Gasteiger partial charge < -0.3 is 4.90 Å². The molecule has 0 unspecified atom stereocenters. The molecule has 0 saturated carbocycles. The second kappa shape index (κ2) is 6.25. The second-order valence-corrected chi connectivity index (χ2v) is 3.19. The normalized spacial score (nSPS) is 14.3. The Labute approximate surface area is 101 Å². The van der Waals surface area contributed by atoms with Crippen molar-refractivity contribution in [1.29, 1.82) is 0 Å². The molecule has 0 saturated heterocycles. The molecule has 1 aromatic rings. The molecule has 2 heteroatoms. The van der Waals surface area contributed by atoms with E-state index in [0.29, 0.717) is 0 Å². The van der Waals surface area contributed by atoms with Crippen LogP contribution in [0.1, 0.15) is 5.56 Å². The van der Waals surface area contributed by atoms with E-state index in [9.17, 15) is 0 Å².